The van der Waals surface area contributed by atoms with Crippen LogP contribution in [-0.4, -0.2) is 37.7 Å². The second kappa shape index (κ2) is 6.95. The molecular formula is C16H17NO6. The van der Waals surface area contributed by atoms with E-state index in [0.29, 0.717) is 6.54 Å². The van der Waals surface area contributed by atoms with Crippen molar-refractivity contribution >= 4 is 17.9 Å². The van der Waals surface area contributed by atoms with Crippen molar-refractivity contribution in [3.05, 3.63) is 47.7 Å². The summed E-state index contributed by atoms with van der Waals surface area (Å²) in [5.41, 5.74) is -0.735. The van der Waals surface area contributed by atoms with Gasteiger partial charge in [0.1, 0.15) is 6.42 Å². The van der Waals surface area contributed by atoms with Gasteiger partial charge in [-0.2, -0.15) is 0 Å². The predicted octanol–water partition coefficient (Wildman–Crippen LogP) is 0.692. The van der Waals surface area contributed by atoms with Gasteiger partial charge in [-0.3, -0.25) is 4.79 Å². The molecule has 0 fully saturated rings. The number of nitrogens with one attached hydrogen (secondary N) is 1. The van der Waals surface area contributed by atoms with Crippen LogP contribution in [0.1, 0.15) is 12.0 Å². The summed E-state index contributed by atoms with van der Waals surface area (Å²) in [6.07, 6.45) is 0.679. The second-order valence-corrected chi connectivity index (χ2v) is 4.89. The Morgan fingerprint density at radius 3 is 2.48 bits per heavy atom. The molecule has 0 aliphatic carbocycles. The zero-order chi connectivity index (χ0) is 16.9. The fourth-order valence-electron chi connectivity index (χ4n) is 2.27. The first-order chi connectivity index (χ1) is 11.0. The molecule has 0 saturated carbocycles. The third kappa shape index (κ3) is 3.50. The second-order valence-electron chi connectivity index (χ2n) is 4.89. The maximum Gasteiger partial charge on any atom is 0.357 e. The summed E-state index contributed by atoms with van der Waals surface area (Å²) >= 11 is 0. The lowest BCUT2D eigenvalue weighted by molar-refractivity contribution is -0.175. The van der Waals surface area contributed by atoms with Crippen molar-refractivity contribution in [1.29, 1.82) is 0 Å². The average Bonchev–Trinajstić information content (AvgIpc) is 2.89. The molecule has 1 unspecified atom stereocenters. The lowest BCUT2D eigenvalue weighted by Crippen LogP contribution is -2.48. The molecule has 1 aromatic carbocycles. The highest BCUT2D eigenvalue weighted by Gasteiger charge is 2.53. The van der Waals surface area contributed by atoms with E-state index in [1.165, 1.54) is 7.11 Å². The molecule has 2 rings (SSSR count). The summed E-state index contributed by atoms with van der Waals surface area (Å²) < 4.78 is 14.4. The summed E-state index contributed by atoms with van der Waals surface area (Å²) in [5, 5.41) is 2.97. The van der Waals surface area contributed by atoms with Gasteiger partial charge in [-0.25, -0.2) is 9.59 Å². The molecule has 0 bridgehead atoms. The smallest absolute Gasteiger partial charge is 0.357 e. The first-order valence-electron chi connectivity index (χ1n) is 6.90. The van der Waals surface area contributed by atoms with Gasteiger partial charge < -0.3 is 19.5 Å². The monoisotopic (exact) mass is 319 g/mol. The molecule has 0 radical (unpaired) electrons. The van der Waals surface area contributed by atoms with Crippen molar-refractivity contribution in [2.45, 2.75) is 18.6 Å². The molecule has 0 saturated heterocycles. The zero-order valence-electron chi connectivity index (χ0n) is 12.8. The molecule has 7 heteroatoms. The van der Waals surface area contributed by atoms with Crippen LogP contribution in [0.5, 0.6) is 0 Å². The van der Waals surface area contributed by atoms with Crippen LogP contribution >= 0.6 is 0 Å². The first kappa shape index (κ1) is 16.5. The van der Waals surface area contributed by atoms with E-state index < -0.39 is 29.9 Å². The van der Waals surface area contributed by atoms with Crippen LogP contribution in [0.4, 0.5) is 0 Å². The summed E-state index contributed by atoms with van der Waals surface area (Å²) in [5.74, 6) is -2.27. The average molecular weight is 319 g/mol. The SMILES string of the molecule is COC(=O)CC1(C(=O)OC)OC(=O)C=C1NCc1ccccc1. The van der Waals surface area contributed by atoms with Crippen LogP contribution in [0.3, 0.4) is 0 Å². The van der Waals surface area contributed by atoms with Crippen LogP contribution in [0.2, 0.25) is 0 Å². The third-order valence-corrected chi connectivity index (χ3v) is 3.43. The predicted molar refractivity (Wildman–Crippen MR) is 78.8 cm³/mol. The van der Waals surface area contributed by atoms with Crippen molar-refractivity contribution in [2.75, 3.05) is 14.2 Å². The molecule has 0 spiro atoms. The minimum absolute atomic E-state index is 0.170. The van der Waals surface area contributed by atoms with Crippen molar-refractivity contribution in [2.24, 2.45) is 0 Å². The quantitative estimate of drug-likeness (QED) is 0.609. The van der Waals surface area contributed by atoms with E-state index in [2.05, 4.69) is 10.1 Å². The van der Waals surface area contributed by atoms with Gasteiger partial charge in [-0.05, 0) is 5.56 Å². The Bertz CT molecular complexity index is 639. The summed E-state index contributed by atoms with van der Waals surface area (Å²) in [6, 6.07) is 9.37. The molecule has 1 aliphatic heterocycles. The number of ether oxygens (including phenoxy) is 3. The Balaban J connectivity index is 2.25. The molecule has 0 aromatic heterocycles. The molecule has 0 amide bonds. The molecule has 23 heavy (non-hydrogen) atoms. The van der Waals surface area contributed by atoms with Crippen molar-refractivity contribution in [3.8, 4) is 0 Å². The molecule has 122 valence electrons. The highest BCUT2D eigenvalue weighted by Crippen LogP contribution is 2.32. The number of carbonyl (C=O) groups excluding carboxylic acids is 3. The maximum absolute atomic E-state index is 12.2. The lowest BCUT2D eigenvalue weighted by atomic mass is 9.96. The zero-order valence-corrected chi connectivity index (χ0v) is 12.8. The summed E-state index contributed by atoms with van der Waals surface area (Å²) in [6.45, 7) is 0.350. The van der Waals surface area contributed by atoms with E-state index >= 15 is 0 Å². The van der Waals surface area contributed by atoms with Gasteiger partial charge in [0, 0.05) is 12.6 Å². The molecule has 1 atom stereocenters. The van der Waals surface area contributed by atoms with Crippen molar-refractivity contribution in [1.82, 2.24) is 5.32 Å². The van der Waals surface area contributed by atoms with Crippen LogP contribution in [0.25, 0.3) is 0 Å². The van der Waals surface area contributed by atoms with Gasteiger partial charge in [-0.15, -0.1) is 0 Å². The van der Waals surface area contributed by atoms with E-state index in [1.807, 2.05) is 30.3 Å². The number of methoxy groups -OCH3 is 2. The van der Waals surface area contributed by atoms with Gasteiger partial charge in [0.05, 0.1) is 19.9 Å². The molecular weight excluding hydrogens is 302 g/mol. The van der Waals surface area contributed by atoms with Crippen LogP contribution in [0, 0.1) is 0 Å². The van der Waals surface area contributed by atoms with Gasteiger partial charge >= 0.3 is 17.9 Å². The Kier molecular flexibility index (Phi) is 5.00. The number of carbonyl (C=O) groups is 3. The van der Waals surface area contributed by atoms with Gasteiger partial charge in [-0.1, -0.05) is 30.3 Å². The minimum Gasteiger partial charge on any atom is -0.469 e. The molecule has 7 nitrogen and oxygen atoms in total. The van der Waals surface area contributed by atoms with Crippen LogP contribution < -0.4 is 5.32 Å². The Morgan fingerprint density at radius 2 is 1.87 bits per heavy atom. The van der Waals surface area contributed by atoms with Crippen molar-refractivity contribution < 1.29 is 28.6 Å². The normalized spacial score (nSPS) is 19.6. The number of rotatable bonds is 6. The van der Waals surface area contributed by atoms with Crippen LogP contribution in [0.15, 0.2) is 42.1 Å². The molecule has 1 aromatic rings. The fourth-order valence-corrected chi connectivity index (χ4v) is 2.27. The van der Waals surface area contributed by atoms with Gasteiger partial charge in [0.25, 0.3) is 5.60 Å². The number of esters is 3. The van der Waals surface area contributed by atoms with E-state index in [1.54, 1.807) is 0 Å². The van der Waals surface area contributed by atoms with Gasteiger partial charge in [0.15, 0.2) is 0 Å². The maximum atomic E-state index is 12.2. The standard InChI is InChI=1S/C16H17NO6/c1-21-14(19)9-16(15(20)22-2)12(8-13(18)23-16)17-10-11-6-4-3-5-7-11/h3-8,17H,9-10H2,1-2H3. The number of benzene rings is 1. The lowest BCUT2D eigenvalue weighted by Gasteiger charge is -2.27. The Labute approximate surface area is 133 Å². The van der Waals surface area contributed by atoms with E-state index in [9.17, 15) is 14.4 Å². The van der Waals surface area contributed by atoms with Crippen LogP contribution in [-0.2, 0) is 35.1 Å². The largest absolute Gasteiger partial charge is 0.469 e. The summed E-state index contributed by atoms with van der Waals surface area (Å²) in [4.78, 5) is 35.5. The van der Waals surface area contributed by atoms with Gasteiger partial charge in [0.2, 0.25) is 0 Å². The molecule has 1 N–H and O–H groups in total. The van der Waals surface area contributed by atoms with E-state index in [4.69, 9.17) is 9.47 Å². The van der Waals surface area contributed by atoms with Crippen molar-refractivity contribution in [3.63, 3.8) is 0 Å². The Hall–Kier alpha value is -2.83. The topological polar surface area (TPSA) is 90.9 Å². The Morgan fingerprint density at radius 1 is 1.17 bits per heavy atom. The number of cyclic esters (lactones) is 1. The highest BCUT2D eigenvalue weighted by molar-refractivity contribution is 5.98. The molecule has 1 aliphatic rings. The number of hydrogen-bond donors (Lipinski definition) is 1. The third-order valence-electron chi connectivity index (χ3n) is 3.43. The number of hydrogen-bond acceptors (Lipinski definition) is 7. The first-order valence-corrected chi connectivity index (χ1v) is 6.90. The fraction of sp³-hybridized carbons (Fsp3) is 0.312. The highest BCUT2D eigenvalue weighted by atomic mass is 16.6. The van der Waals surface area contributed by atoms with E-state index in [-0.39, 0.29) is 5.70 Å². The van der Waals surface area contributed by atoms with E-state index in [0.717, 1.165) is 18.7 Å². The summed E-state index contributed by atoms with van der Waals surface area (Å²) in [7, 11) is 2.34. The molecule has 1 heterocycles. The minimum atomic E-state index is -1.84.